The van der Waals surface area contributed by atoms with Gasteiger partial charge in [-0.3, -0.25) is 14.4 Å². The van der Waals surface area contributed by atoms with Gasteiger partial charge < -0.3 is 36.2 Å². The number of ether oxygens (including phenoxy) is 1. The van der Waals surface area contributed by atoms with E-state index in [-0.39, 0.29) is 42.3 Å². The Bertz CT molecular complexity index is 1080. The first-order chi connectivity index (χ1) is 19.0. The van der Waals surface area contributed by atoms with Crippen molar-refractivity contribution in [2.45, 2.75) is 69.4 Å². The number of rotatable bonds is 7. The van der Waals surface area contributed by atoms with Crippen LogP contribution in [-0.2, 0) is 19.1 Å². The fraction of sp³-hybridized carbons (Fsp3) is 0.767. The van der Waals surface area contributed by atoms with E-state index in [1.165, 1.54) is 0 Å². The lowest BCUT2D eigenvalue weighted by Crippen LogP contribution is -2.72. The summed E-state index contributed by atoms with van der Waals surface area (Å²) in [5.74, 6) is -5.51. The number of ketones is 2. The number of carbonyl (C=O) groups excluding carboxylic acids is 3. The Hall–Kier alpha value is -2.11. The molecule has 0 heterocycles. The number of nitrogens with one attached hydrogen (secondary N) is 1. The molecule has 0 aromatic carbocycles. The number of hydrogen-bond donors (Lipinski definition) is 6. The average molecular weight is 561 g/mol. The van der Waals surface area contributed by atoms with Crippen molar-refractivity contribution in [3.05, 3.63) is 24.0 Å². The van der Waals surface area contributed by atoms with E-state index in [4.69, 9.17) is 10.5 Å². The van der Waals surface area contributed by atoms with Gasteiger partial charge in [-0.1, -0.05) is 19.1 Å². The first kappa shape index (κ1) is 29.4. The summed E-state index contributed by atoms with van der Waals surface area (Å²) in [6, 6.07) is 0. The number of Topliss-reactive ketones (excluding diaryl/α,β-unsaturated/α-hetero) is 2. The summed E-state index contributed by atoms with van der Waals surface area (Å²) in [5.41, 5.74) is 3.13. The van der Waals surface area contributed by atoms with Gasteiger partial charge in [0.25, 0.3) is 0 Å². The van der Waals surface area contributed by atoms with Crippen molar-refractivity contribution in [3.8, 4) is 0 Å². The van der Waals surface area contributed by atoms with E-state index < -0.39 is 59.3 Å². The van der Waals surface area contributed by atoms with Crippen LogP contribution in [0.3, 0.4) is 0 Å². The number of primary amides is 1. The molecule has 13 atom stereocenters. The van der Waals surface area contributed by atoms with Gasteiger partial charge in [0.05, 0.1) is 31.0 Å². The molecule has 5 aliphatic carbocycles. The monoisotopic (exact) mass is 560 g/mol. The summed E-state index contributed by atoms with van der Waals surface area (Å²) in [5, 5.41) is 48.5. The third-order valence-electron chi connectivity index (χ3n) is 10.7. The highest BCUT2D eigenvalue weighted by Gasteiger charge is 2.67. The molecule has 0 radical (unpaired) electrons. The van der Waals surface area contributed by atoms with Crippen molar-refractivity contribution in [2.24, 2.45) is 59.0 Å². The quantitative estimate of drug-likeness (QED) is 0.143. The number of carbonyl (C=O) groups is 3. The van der Waals surface area contributed by atoms with Crippen LogP contribution < -0.4 is 11.1 Å². The van der Waals surface area contributed by atoms with Crippen molar-refractivity contribution >= 4 is 17.5 Å². The van der Waals surface area contributed by atoms with Crippen LogP contribution >= 0.6 is 0 Å². The summed E-state index contributed by atoms with van der Waals surface area (Å²) in [4.78, 5) is 38.7. The average Bonchev–Trinajstić information content (AvgIpc) is 2.91. The summed E-state index contributed by atoms with van der Waals surface area (Å²) in [6.07, 6.45) is 4.59. The maximum absolute atomic E-state index is 14.1. The Morgan fingerprint density at radius 1 is 1.12 bits per heavy atom. The zero-order valence-corrected chi connectivity index (χ0v) is 23.3. The molecule has 10 nitrogen and oxygen atoms in total. The van der Waals surface area contributed by atoms with Gasteiger partial charge in [-0.2, -0.15) is 0 Å². The third kappa shape index (κ3) is 4.65. The van der Waals surface area contributed by atoms with Gasteiger partial charge in [0.2, 0.25) is 5.91 Å². The molecule has 5 rings (SSSR count). The molecule has 3 saturated carbocycles. The number of aliphatic hydroxyl groups excluding tert-OH is 3. The van der Waals surface area contributed by atoms with Crippen molar-refractivity contribution in [3.63, 3.8) is 0 Å². The lowest BCUT2D eigenvalue weighted by atomic mass is 9.48. The molecule has 3 fully saturated rings. The number of nitrogens with two attached hydrogens (primary N) is 1. The molecule has 10 unspecified atom stereocenters. The van der Waals surface area contributed by atoms with Gasteiger partial charge in [0.1, 0.15) is 29.2 Å². The topological polar surface area (TPSA) is 179 Å². The van der Waals surface area contributed by atoms with E-state index >= 15 is 0 Å². The first-order valence-corrected chi connectivity index (χ1v) is 14.8. The van der Waals surface area contributed by atoms with Gasteiger partial charge in [0.15, 0.2) is 0 Å². The fourth-order valence-electron chi connectivity index (χ4n) is 8.83. The molecule has 0 bridgehead atoms. The van der Waals surface area contributed by atoms with E-state index in [2.05, 4.69) is 18.3 Å². The van der Waals surface area contributed by atoms with Crippen molar-refractivity contribution in [1.82, 2.24) is 5.32 Å². The number of aliphatic hydroxyl groups is 4. The molecule has 0 aromatic heterocycles. The second-order valence-corrected chi connectivity index (χ2v) is 12.8. The first-order valence-electron chi connectivity index (χ1n) is 14.8. The zero-order chi connectivity index (χ0) is 28.9. The number of allylic oxidation sites excluding steroid dienone is 3. The van der Waals surface area contributed by atoms with Gasteiger partial charge in [0, 0.05) is 24.2 Å². The molecule has 10 heteroatoms. The minimum Gasteiger partial charge on any atom is -0.501 e. The van der Waals surface area contributed by atoms with Gasteiger partial charge >= 0.3 is 0 Å². The van der Waals surface area contributed by atoms with Crippen LogP contribution in [-0.4, -0.2) is 82.0 Å². The molecular weight excluding hydrogens is 516 g/mol. The minimum absolute atomic E-state index is 0.0348. The number of methoxy groups -OCH3 is 1. The standard InChI is InChI=1S/C30H44N2O8/c1-3-8-32-13-14-4-7-22(40-2)18(9-14)17-5-6-20(33)24-19(17)11-15-10-16-12-21(34)25(29(31)38)28(37)30(16,39)27(36)23(15)26(24)35/h5-7,14-20,23-25,27-28,32-33,36-37,39H,3-4,8-13H2,1-2H3,(H2,31,38)/t14?,15-,16+,17?,18?,19?,20?,23?,24?,25?,27?,28?,30+/m1/s1. The normalized spacial score (nSPS) is 46.6. The van der Waals surface area contributed by atoms with Crippen LogP contribution in [0.25, 0.3) is 0 Å². The van der Waals surface area contributed by atoms with Crippen molar-refractivity contribution < 1.29 is 39.5 Å². The number of amides is 1. The molecule has 40 heavy (non-hydrogen) atoms. The fourth-order valence-corrected chi connectivity index (χ4v) is 8.83. The van der Waals surface area contributed by atoms with E-state index in [1.54, 1.807) is 13.2 Å². The zero-order valence-electron chi connectivity index (χ0n) is 23.3. The molecule has 1 amide bonds. The Labute approximate surface area is 235 Å². The summed E-state index contributed by atoms with van der Waals surface area (Å²) >= 11 is 0. The summed E-state index contributed by atoms with van der Waals surface area (Å²) in [6.45, 7) is 3.98. The van der Waals surface area contributed by atoms with Crippen LogP contribution in [0.1, 0.15) is 45.4 Å². The second-order valence-electron chi connectivity index (χ2n) is 12.8. The van der Waals surface area contributed by atoms with Crippen LogP contribution in [0.15, 0.2) is 24.0 Å². The predicted octanol–water partition coefficient (Wildman–Crippen LogP) is 0.0741. The third-order valence-corrected chi connectivity index (χ3v) is 10.7. The van der Waals surface area contributed by atoms with Gasteiger partial charge in [-0.25, -0.2) is 0 Å². The molecule has 0 saturated heterocycles. The summed E-state index contributed by atoms with van der Waals surface area (Å²) < 4.78 is 5.81. The number of hydrogen-bond acceptors (Lipinski definition) is 9. The van der Waals surface area contributed by atoms with Crippen molar-refractivity contribution in [2.75, 3.05) is 20.2 Å². The predicted molar refractivity (Wildman–Crippen MR) is 144 cm³/mol. The second kappa shape index (κ2) is 11.3. The maximum atomic E-state index is 14.1. The van der Waals surface area contributed by atoms with E-state index in [9.17, 15) is 34.8 Å². The van der Waals surface area contributed by atoms with Crippen LogP contribution in [0, 0.1) is 53.3 Å². The SMILES string of the molecule is CCCNCC1CC=C(OC)C(C2C=CC(O)C3C(=O)C4C(O)[C@]5(O)C(O)C(C(N)=O)C(=O)C[C@@H]5C[C@@H]4CC23)C1. The molecule has 0 aromatic rings. The highest BCUT2D eigenvalue weighted by atomic mass is 16.5. The lowest BCUT2D eigenvalue weighted by molar-refractivity contribution is -0.246. The van der Waals surface area contributed by atoms with Gasteiger partial charge in [-0.05, 0) is 74.9 Å². The van der Waals surface area contributed by atoms with E-state index in [0.717, 1.165) is 38.1 Å². The van der Waals surface area contributed by atoms with Crippen LogP contribution in [0.4, 0.5) is 0 Å². The molecule has 0 spiro atoms. The Morgan fingerprint density at radius 3 is 2.55 bits per heavy atom. The highest BCUT2D eigenvalue weighted by molar-refractivity contribution is 6.02. The Kier molecular flexibility index (Phi) is 8.29. The lowest BCUT2D eigenvalue weighted by Gasteiger charge is -2.58. The largest absolute Gasteiger partial charge is 0.501 e. The highest BCUT2D eigenvalue weighted by Crippen LogP contribution is 2.57. The molecule has 222 valence electrons. The molecular formula is C30H44N2O8. The number of fused-ring (bicyclic) bond motifs is 3. The Morgan fingerprint density at radius 2 is 1.88 bits per heavy atom. The van der Waals surface area contributed by atoms with Crippen molar-refractivity contribution in [1.29, 1.82) is 0 Å². The van der Waals surface area contributed by atoms with Crippen LogP contribution in [0.5, 0.6) is 0 Å². The Balaban J connectivity index is 1.43. The summed E-state index contributed by atoms with van der Waals surface area (Å²) in [7, 11) is 1.67. The van der Waals surface area contributed by atoms with Gasteiger partial charge in [-0.15, -0.1) is 0 Å². The maximum Gasteiger partial charge on any atom is 0.230 e. The molecule has 7 N–H and O–H groups in total. The molecule has 0 aliphatic heterocycles. The van der Waals surface area contributed by atoms with E-state index in [0.29, 0.717) is 12.3 Å². The molecule has 5 aliphatic rings. The van der Waals surface area contributed by atoms with Crippen LogP contribution in [0.2, 0.25) is 0 Å². The van der Waals surface area contributed by atoms with E-state index in [1.807, 2.05) is 6.08 Å². The smallest absolute Gasteiger partial charge is 0.230 e. The minimum atomic E-state index is -2.22.